The Hall–Kier alpha value is -6.22. The number of carbonyl (C=O) groups excluding carboxylic acids is 2. The van der Waals surface area contributed by atoms with Crippen LogP contribution >= 0.6 is 58.0 Å². The summed E-state index contributed by atoms with van der Waals surface area (Å²) in [6, 6.07) is 25.3. The Morgan fingerprint density at radius 3 is 1.53 bits per heavy atom. The SMILES string of the molecule is C.Nc1c(CC(=O)Cc2ccc3ncc(Cl)cc3c2)ccnc1Cl.Nc1ccnc(Cl)c1NC(=O)Cc1ccc2ncc(Cl)cc2c1.O=C(O)Cc1ccc2ncc(Cl)cc2c1.[2H]CF. The molecule has 0 radical (unpaired) electrons. The Labute approximate surface area is 394 Å². The van der Waals surface area contributed by atoms with E-state index >= 15 is 0 Å². The lowest BCUT2D eigenvalue weighted by atomic mass is 10.0. The summed E-state index contributed by atoms with van der Waals surface area (Å²) in [6.45, 7) is 0. The zero-order valence-corrected chi connectivity index (χ0v) is 36.6. The Kier molecular flexibility index (Phi) is 18.3. The first-order valence-corrected chi connectivity index (χ1v) is 20.3. The Balaban J connectivity index is 0.000000210. The van der Waals surface area contributed by atoms with Crippen LogP contribution in [0, 0.1) is 0 Å². The molecule has 5 aromatic heterocycles. The molecule has 18 heteroatoms. The van der Waals surface area contributed by atoms with Crippen LogP contribution in [-0.4, -0.2) is 54.8 Å². The fourth-order valence-corrected chi connectivity index (χ4v) is 6.94. The summed E-state index contributed by atoms with van der Waals surface area (Å²) >= 11 is 29.5. The highest BCUT2D eigenvalue weighted by Crippen LogP contribution is 2.27. The Morgan fingerprint density at radius 1 is 0.625 bits per heavy atom. The zero-order valence-electron chi connectivity index (χ0n) is 33.8. The fourth-order valence-electron chi connectivity index (χ4n) is 6.05. The first-order valence-electron chi connectivity index (χ1n) is 19.1. The molecule has 0 aliphatic rings. The van der Waals surface area contributed by atoms with E-state index in [-0.39, 0.29) is 48.7 Å². The van der Waals surface area contributed by atoms with Crippen molar-refractivity contribution in [3.8, 4) is 0 Å². The summed E-state index contributed by atoms with van der Waals surface area (Å²) in [5, 5.41) is 16.0. The highest BCUT2D eigenvalue weighted by Gasteiger charge is 2.13. The standard InChI is InChI=1S/C17H13Cl2N3O.C16H12Cl2N4O.C11H8ClNO2.CH3F.CH4/c18-13-7-12-5-10(1-2-15(12)22-9-13)6-14(23)8-11-3-4-21-17(19)16(11)20;17-11-7-10-5-9(1-2-13(10)21-8-11)6-14(23)22-15-12(19)3-4-20-16(15)18;12-9-5-8-3-7(4-11(14)15)1-2-10(8)13-6-9;1-2;/h1-5,7,9H,6,8,20H2;1-5,7-8H,6H2,(H2,19,20)(H,22,23);1-3,5-6H,4H2,(H,14,15);1H3;1H4/i;;;1D;. The lowest BCUT2D eigenvalue weighted by Gasteiger charge is -2.09. The number of hydrogen-bond donors (Lipinski definition) is 4. The predicted molar refractivity (Wildman–Crippen MR) is 257 cm³/mol. The topological polar surface area (TPSA) is 200 Å². The Morgan fingerprint density at radius 2 is 1.06 bits per heavy atom. The number of nitrogens with one attached hydrogen (secondary N) is 1. The normalized spacial score (nSPS) is 10.5. The third-order valence-corrected chi connectivity index (χ3v) is 10.1. The number of nitrogen functional groups attached to an aromatic ring is 2. The van der Waals surface area contributed by atoms with Crippen molar-refractivity contribution in [2.45, 2.75) is 33.1 Å². The summed E-state index contributed by atoms with van der Waals surface area (Å²) in [6.07, 6.45) is 8.50. The summed E-state index contributed by atoms with van der Waals surface area (Å²) < 4.78 is 15.5. The molecular weight excluding hydrogens is 925 g/mol. The number of amides is 1. The number of fused-ring (bicyclic) bond motifs is 3. The molecule has 5 heterocycles. The molecule has 3 aromatic carbocycles. The van der Waals surface area contributed by atoms with Crippen LogP contribution in [0.2, 0.25) is 25.4 Å². The molecule has 0 spiro atoms. The molecule has 330 valence electrons. The Bertz CT molecular complexity index is 2950. The van der Waals surface area contributed by atoms with E-state index in [0.717, 1.165) is 49.4 Å². The number of aliphatic carboxylic acids is 1. The second kappa shape index (κ2) is 24.0. The molecule has 12 nitrogen and oxygen atoms in total. The number of Topliss-reactive ketones (excluding diaryl/α,β-unsaturated/α-hetero) is 1. The molecule has 0 saturated heterocycles. The van der Waals surface area contributed by atoms with Gasteiger partial charge in [-0.15, -0.1) is 0 Å². The van der Waals surface area contributed by atoms with Gasteiger partial charge in [-0.1, -0.05) is 83.6 Å². The maximum absolute atomic E-state index is 12.3. The van der Waals surface area contributed by atoms with E-state index in [0.29, 0.717) is 44.1 Å². The van der Waals surface area contributed by atoms with Crippen LogP contribution < -0.4 is 16.8 Å². The highest BCUT2D eigenvalue weighted by molar-refractivity contribution is 6.33. The summed E-state index contributed by atoms with van der Waals surface area (Å²) in [5.74, 6) is -1.03. The molecule has 8 rings (SSSR count). The van der Waals surface area contributed by atoms with Gasteiger partial charge in [0.15, 0.2) is 10.3 Å². The van der Waals surface area contributed by atoms with Crippen molar-refractivity contribution in [2.75, 3.05) is 23.9 Å². The van der Waals surface area contributed by atoms with E-state index in [1.165, 1.54) is 6.20 Å². The van der Waals surface area contributed by atoms with Crippen molar-refractivity contribution in [1.29, 1.82) is 0 Å². The monoisotopic (exact) mass is 963 g/mol. The van der Waals surface area contributed by atoms with Gasteiger partial charge >= 0.3 is 5.97 Å². The second-order valence-corrected chi connectivity index (χ2v) is 15.5. The largest absolute Gasteiger partial charge is 0.481 e. The molecule has 0 aliphatic carbocycles. The molecule has 64 heavy (non-hydrogen) atoms. The number of ketones is 1. The molecule has 8 aromatic rings. The van der Waals surface area contributed by atoms with E-state index in [1.807, 2.05) is 42.5 Å². The molecule has 0 atom stereocenters. The van der Waals surface area contributed by atoms with Crippen molar-refractivity contribution in [2.24, 2.45) is 0 Å². The molecule has 0 saturated carbocycles. The number of carboxylic acids is 1. The van der Waals surface area contributed by atoms with Gasteiger partial charge in [0, 0.05) is 60.0 Å². The van der Waals surface area contributed by atoms with Gasteiger partial charge in [0.25, 0.3) is 0 Å². The van der Waals surface area contributed by atoms with Crippen LogP contribution in [0.15, 0.2) is 116 Å². The molecule has 0 aliphatic heterocycles. The van der Waals surface area contributed by atoms with Crippen LogP contribution in [0.4, 0.5) is 21.5 Å². The average Bonchev–Trinajstić information content (AvgIpc) is 3.24. The van der Waals surface area contributed by atoms with Crippen LogP contribution in [-0.2, 0) is 40.1 Å². The van der Waals surface area contributed by atoms with Gasteiger partial charge < -0.3 is 21.9 Å². The molecule has 0 unspecified atom stereocenters. The maximum atomic E-state index is 12.3. The quantitative estimate of drug-likeness (QED) is 0.100. The van der Waals surface area contributed by atoms with Gasteiger partial charge in [0.05, 0.1) is 64.4 Å². The lowest BCUT2D eigenvalue weighted by molar-refractivity contribution is -0.136. The maximum Gasteiger partial charge on any atom is 0.307 e. The third kappa shape index (κ3) is 14.4. The van der Waals surface area contributed by atoms with Crippen LogP contribution in [0.25, 0.3) is 32.7 Å². The van der Waals surface area contributed by atoms with Gasteiger partial charge in [-0.3, -0.25) is 33.7 Å². The van der Waals surface area contributed by atoms with E-state index in [9.17, 15) is 18.8 Å². The van der Waals surface area contributed by atoms with Gasteiger partial charge in [-0.05, 0) is 89.0 Å². The number of anilines is 3. The number of nitrogens with zero attached hydrogens (tertiary/aromatic N) is 5. The third-order valence-electron chi connectivity index (χ3n) is 8.88. The van der Waals surface area contributed by atoms with E-state index in [4.69, 9.17) is 75.9 Å². The van der Waals surface area contributed by atoms with Gasteiger partial charge in [-0.2, -0.15) is 0 Å². The van der Waals surface area contributed by atoms with Gasteiger partial charge in [0.1, 0.15) is 11.5 Å². The predicted octanol–water partition coefficient (Wildman–Crippen LogP) is 11.3. The number of alkyl halides is 1. The fraction of sp³-hybridized carbons (Fsp3) is 0.130. The number of benzene rings is 3. The van der Waals surface area contributed by atoms with Crippen LogP contribution in [0.3, 0.4) is 0 Å². The van der Waals surface area contributed by atoms with Crippen molar-refractivity contribution < 1.29 is 25.3 Å². The van der Waals surface area contributed by atoms with Gasteiger partial charge in [0.2, 0.25) is 5.91 Å². The number of carboxylic acid groups (broad SMARTS) is 1. The minimum Gasteiger partial charge on any atom is -0.481 e. The lowest BCUT2D eigenvalue weighted by Crippen LogP contribution is -2.16. The number of aromatic nitrogens is 5. The number of rotatable bonds is 9. The first kappa shape index (κ1) is 48.8. The number of halogens is 6. The second-order valence-electron chi connectivity index (χ2n) is 13.5. The average molecular weight is 966 g/mol. The van der Waals surface area contributed by atoms with E-state index in [2.05, 4.69) is 30.2 Å². The molecule has 0 fully saturated rings. The first-order chi connectivity index (χ1) is 30.6. The molecule has 0 bridgehead atoms. The smallest absolute Gasteiger partial charge is 0.307 e. The van der Waals surface area contributed by atoms with Crippen molar-refractivity contribution in [3.05, 3.63) is 164 Å². The number of carbonyl (C=O) groups is 3. The number of hydrogen-bond acceptors (Lipinski definition) is 10. The molecule has 6 N–H and O–H groups in total. The van der Waals surface area contributed by atoms with Crippen LogP contribution in [0.1, 0.15) is 31.1 Å². The number of pyridine rings is 5. The molecule has 1 amide bonds. The minimum absolute atomic E-state index is 0. The minimum atomic E-state index is -1.00. The summed E-state index contributed by atoms with van der Waals surface area (Å²) in [5.41, 5.74) is 18.3. The van der Waals surface area contributed by atoms with Crippen molar-refractivity contribution >= 4 is 125 Å². The van der Waals surface area contributed by atoms with Gasteiger partial charge in [-0.25, -0.2) is 9.97 Å². The van der Waals surface area contributed by atoms with Crippen LogP contribution in [0.5, 0.6) is 0 Å². The van der Waals surface area contributed by atoms with Crippen molar-refractivity contribution in [1.82, 2.24) is 24.9 Å². The van der Waals surface area contributed by atoms with E-state index < -0.39 is 13.1 Å². The summed E-state index contributed by atoms with van der Waals surface area (Å²) in [4.78, 5) is 55.4. The zero-order chi connectivity index (χ0) is 46.3. The number of nitrogens with two attached hydrogens (primary N) is 2. The molecular formula is C46H40Cl5FN8O4. The van der Waals surface area contributed by atoms with Crippen molar-refractivity contribution in [3.63, 3.8) is 0 Å². The van der Waals surface area contributed by atoms with E-state index in [1.54, 1.807) is 67.3 Å². The highest BCUT2D eigenvalue weighted by atomic mass is 35.5. The summed E-state index contributed by atoms with van der Waals surface area (Å²) in [7, 11) is -1.00.